The fraction of sp³-hybridized carbons (Fsp3) is 0.346. The van der Waals surface area contributed by atoms with Crippen LogP contribution in [0.4, 0.5) is 11.6 Å². The molecule has 11 nitrogen and oxygen atoms in total. The van der Waals surface area contributed by atoms with Gasteiger partial charge >= 0.3 is 0 Å². The Labute approximate surface area is 222 Å². The molecule has 0 aromatic carbocycles. The van der Waals surface area contributed by atoms with Crippen LogP contribution in [-0.4, -0.2) is 46.9 Å². The zero-order valence-electron chi connectivity index (χ0n) is 20.7. The lowest BCUT2D eigenvalue weighted by atomic mass is 10.1. The molecule has 2 fully saturated rings. The largest absolute Gasteiger partial charge is 0.450 e. The Morgan fingerprint density at radius 1 is 1.18 bits per heavy atom. The number of imidazole rings is 1. The van der Waals surface area contributed by atoms with E-state index in [1.807, 2.05) is 23.9 Å². The number of nitrogens with one attached hydrogen (secondary N) is 1. The van der Waals surface area contributed by atoms with Crippen LogP contribution in [0.2, 0.25) is 5.02 Å². The summed E-state index contributed by atoms with van der Waals surface area (Å²) in [5.41, 5.74) is 3.26. The third-order valence-electron chi connectivity index (χ3n) is 7.20. The van der Waals surface area contributed by atoms with Crippen molar-refractivity contribution in [2.75, 3.05) is 18.5 Å². The summed E-state index contributed by atoms with van der Waals surface area (Å²) in [5.74, 6) is 1.81. The molecule has 194 valence electrons. The van der Waals surface area contributed by atoms with Gasteiger partial charge in [-0.2, -0.15) is 10.1 Å². The van der Waals surface area contributed by atoms with Crippen molar-refractivity contribution >= 4 is 39.9 Å². The fourth-order valence-electron chi connectivity index (χ4n) is 4.99. The maximum atomic E-state index is 13.5. The summed E-state index contributed by atoms with van der Waals surface area (Å²) in [4.78, 5) is 26.8. The Morgan fingerprint density at radius 2 is 2.08 bits per heavy atom. The Morgan fingerprint density at radius 3 is 2.89 bits per heavy atom. The van der Waals surface area contributed by atoms with Gasteiger partial charge < -0.3 is 23.9 Å². The minimum atomic E-state index is -0.0956. The van der Waals surface area contributed by atoms with Gasteiger partial charge in [0.15, 0.2) is 17.1 Å². The first kappa shape index (κ1) is 23.2. The van der Waals surface area contributed by atoms with E-state index in [-0.39, 0.29) is 11.6 Å². The molecule has 5 aromatic rings. The Bertz CT molecular complexity index is 1730. The standard InChI is InChI=1S/C26H25ClN8O3/c1-33-23-22(27)21(38-20-12-30-35-7-6-28-10-19(20)35)11-29-24(23)32-26(33)31-18-9-16(15-4-5-15)13-34(25(18)36)17-3-2-8-37-14-17/h6-7,9-13,15,17H,2-5,8,14H2,1H3,(H,29,31,32)/t17-/m0/s1. The molecular weight excluding hydrogens is 508 g/mol. The monoisotopic (exact) mass is 532 g/mol. The van der Waals surface area contributed by atoms with Crippen LogP contribution in [-0.2, 0) is 11.8 Å². The predicted octanol–water partition coefficient (Wildman–Crippen LogP) is 4.59. The van der Waals surface area contributed by atoms with E-state index in [9.17, 15) is 4.79 Å². The summed E-state index contributed by atoms with van der Waals surface area (Å²) in [5, 5.41) is 7.89. The van der Waals surface area contributed by atoms with Crippen molar-refractivity contribution in [1.29, 1.82) is 0 Å². The summed E-state index contributed by atoms with van der Waals surface area (Å²) in [6.07, 6.45) is 14.3. The van der Waals surface area contributed by atoms with E-state index in [1.165, 1.54) is 6.20 Å². The molecule has 1 saturated heterocycles. The van der Waals surface area contributed by atoms with E-state index in [1.54, 1.807) is 33.9 Å². The summed E-state index contributed by atoms with van der Waals surface area (Å²) in [6, 6.07) is 1.98. The lowest BCUT2D eigenvalue weighted by Crippen LogP contribution is -2.31. The van der Waals surface area contributed by atoms with Crippen LogP contribution >= 0.6 is 11.6 Å². The molecular formula is C26H25ClN8O3. The number of nitrogens with zero attached hydrogens (tertiary/aromatic N) is 7. The number of hydrogen-bond acceptors (Lipinski definition) is 8. The molecule has 1 aliphatic heterocycles. The number of aryl methyl sites for hydroxylation is 1. The van der Waals surface area contributed by atoms with E-state index >= 15 is 0 Å². The van der Waals surface area contributed by atoms with Gasteiger partial charge in [-0.25, -0.2) is 9.50 Å². The van der Waals surface area contributed by atoms with Gasteiger partial charge in [0.25, 0.3) is 5.56 Å². The molecule has 6 heterocycles. The predicted molar refractivity (Wildman–Crippen MR) is 142 cm³/mol. The molecule has 0 spiro atoms. The maximum Gasteiger partial charge on any atom is 0.274 e. The van der Waals surface area contributed by atoms with E-state index in [2.05, 4.69) is 25.4 Å². The SMILES string of the molecule is Cn1c(Nc2cc(C3CC3)cn([C@H]3CCCOC3)c2=O)nc2ncc(Oc3cnn4ccncc34)c(Cl)c21. The number of anilines is 2. The molecule has 12 heteroatoms. The number of halogens is 1. The van der Waals surface area contributed by atoms with Crippen molar-refractivity contribution in [3.63, 3.8) is 0 Å². The van der Waals surface area contributed by atoms with E-state index in [4.69, 9.17) is 21.1 Å². The van der Waals surface area contributed by atoms with Crippen molar-refractivity contribution in [2.24, 2.45) is 7.05 Å². The highest BCUT2D eigenvalue weighted by Gasteiger charge is 2.28. The lowest BCUT2D eigenvalue weighted by Gasteiger charge is -2.25. The van der Waals surface area contributed by atoms with Gasteiger partial charge in [0.05, 0.1) is 31.2 Å². The van der Waals surface area contributed by atoms with E-state index in [0.717, 1.165) is 37.9 Å². The van der Waals surface area contributed by atoms with Crippen LogP contribution in [0, 0.1) is 0 Å². The molecule has 1 saturated carbocycles. The molecule has 7 rings (SSSR count). The highest BCUT2D eigenvalue weighted by Crippen LogP contribution is 2.41. The second kappa shape index (κ2) is 9.10. The number of pyridine rings is 2. The quantitative estimate of drug-likeness (QED) is 0.338. The molecule has 1 N–H and O–H groups in total. The van der Waals surface area contributed by atoms with Crippen LogP contribution in [0.25, 0.3) is 16.7 Å². The number of ether oxygens (including phenoxy) is 2. The third kappa shape index (κ3) is 3.98. The second-order valence-electron chi connectivity index (χ2n) is 9.79. The number of rotatable bonds is 6. The normalized spacial score (nSPS) is 17.8. The zero-order chi connectivity index (χ0) is 25.8. The molecule has 0 radical (unpaired) electrons. The summed E-state index contributed by atoms with van der Waals surface area (Å²) >= 11 is 6.79. The van der Waals surface area contributed by atoms with Gasteiger partial charge in [-0.1, -0.05) is 11.6 Å². The lowest BCUT2D eigenvalue weighted by molar-refractivity contribution is 0.0580. The number of aromatic nitrogens is 7. The molecule has 1 atom stereocenters. The smallest absolute Gasteiger partial charge is 0.274 e. The Balaban J connectivity index is 1.25. The van der Waals surface area contributed by atoms with Crippen LogP contribution < -0.4 is 15.6 Å². The highest BCUT2D eigenvalue weighted by molar-refractivity contribution is 6.36. The van der Waals surface area contributed by atoms with Crippen molar-refractivity contribution in [1.82, 2.24) is 33.7 Å². The third-order valence-corrected chi connectivity index (χ3v) is 7.57. The van der Waals surface area contributed by atoms with Crippen molar-refractivity contribution in [2.45, 2.75) is 37.6 Å². The minimum Gasteiger partial charge on any atom is -0.450 e. The first-order valence-corrected chi connectivity index (χ1v) is 13.0. The first-order chi connectivity index (χ1) is 18.6. The van der Waals surface area contributed by atoms with Gasteiger partial charge in [-0.05, 0) is 43.2 Å². The van der Waals surface area contributed by atoms with Crippen LogP contribution in [0.15, 0.2) is 48.0 Å². The summed E-state index contributed by atoms with van der Waals surface area (Å²) < 4.78 is 17.0. The Hall–Kier alpha value is -3.96. The molecule has 0 bridgehead atoms. The van der Waals surface area contributed by atoms with Gasteiger partial charge in [0.2, 0.25) is 5.95 Å². The van der Waals surface area contributed by atoms with Crippen LogP contribution in [0.1, 0.15) is 43.2 Å². The van der Waals surface area contributed by atoms with E-state index in [0.29, 0.717) is 57.4 Å². The van der Waals surface area contributed by atoms with E-state index < -0.39 is 0 Å². The summed E-state index contributed by atoms with van der Waals surface area (Å²) in [6.45, 7) is 1.29. The molecule has 38 heavy (non-hydrogen) atoms. The van der Waals surface area contributed by atoms with Gasteiger partial charge in [0, 0.05) is 32.2 Å². The number of hydrogen-bond donors (Lipinski definition) is 1. The molecule has 0 amide bonds. The second-order valence-corrected chi connectivity index (χ2v) is 10.2. The first-order valence-electron chi connectivity index (χ1n) is 12.6. The van der Waals surface area contributed by atoms with Gasteiger partial charge in [0.1, 0.15) is 21.7 Å². The molecule has 0 unspecified atom stereocenters. The molecule has 2 aliphatic rings. The molecule has 1 aliphatic carbocycles. The van der Waals surface area contributed by atoms with Crippen molar-refractivity contribution < 1.29 is 9.47 Å². The van der Waals surface area contributed by atoms with Gasteiger partial charge in [-0.15, -0.1) is 0 Å². The van der Waals surface area contributed by atoms with Crippen LogP contribution in [0.3, 0.4) is 0 Å². The summed E-state index contributed by atoms with van der Waals surface area (Å²) in [7, 11) is 1.83. The average Bonchev–Trinajstić information content (AvgIpc) is 3.64. The van der Waals surface area contributed by atoms with Crippen LogP contribution in [0.5, 0.6) is 11.5 Å². The minimum absolute atomic E-state index is 0.0295. The highest BCUT2D eigenvalue weighted by atomic mass is 35.5. The van der Waals surface area contributed by atoms with Crippen molar-refractivity contribution in [3.8, 4) is 11.5 Å². The zero-order valence-corrected chi connectivity index (χ0v) is 21.4. The maximum absolute atomic E-state index is 13.5. The topological polar surface area (TPSA) is 113 Å². The number of fused-ring (bicyclic) bond motifs is 2. The molecule has 5 aromatic heterocycles. The fourth-order valence-corrected chi connectivity index (χ4v) is 5.29. The van der Waals surface area contributed by atoms with Crippen molar-refractivity contribution in [3.05, 3.63) is 64.2 Å². The van der Waals surface area contributed by atoms with Gasteiger partial charge in [-0.3, -0.25) is 9.78 Å². The Kier molecular flexibility index (Phi) is 5.55. The average molecular weight is 533 g/mol.